The van der Waals surface area contributed by atoms with E-state index in [-0.39, 0.29) is 39.7 Å². The minimum absolute atomic E-state index is 0.00887. The number of carbonyl (C=O) groups is 1. The fraction of sp³-hybridized carbons (Fsp3) is 0.950. The van der Waals surface area contributed by atoms with Gasteiger partial charge in [0.2, 0.25) is 0 Å². The Hall–Kier alpha value is -0.530. The summed E-state index contributed by atoms with van der Waals surface area (Å²) in [6.07, 6.45) is 3.63. The predicted octanol–water partition coefficient (Wildman–Crippen LogP) is 5.45. The van der Waals surface area contributed by atoms with Gasteiger partial charge in [-0.2, -0.15) is 0 Å². The van der Waals surface area contributed by atoms with Crippen LogP contribution in [0, 0.1) is 33.5 Å². The molecule has 0 radical (unpaired) electrons. The summed E-state index contributed by atoms with van der Waals surface area (Å²) >= 11 is 0. The number of fused-ring (bicyclic) bond motifs is 2. The van der Waals surface area contributed by atoms with Gasteiger partial charge in [0.05, 0.1) is 5.92 Å². The van der Waals surface area contributed by atoms with Crippen LogP contribution in [0.1, 0.15) is 81.6 Å². The molecule has 22 heavy (non-hydrogen) atoms. The number of ether oxygens (including phenoxy) is 1. The van der Waals surface area contributed by atoms with E-state index in [0.29, 0.717) is 5.92 Å². The van der Waals surface area contributed by atoms with Gasteiger partial charge in [-0.05, 0) is 41.4 Å². The molecule has 2 fully saturated rings. The SMILES string of the molecule is CC(C)(C)C(C(=O)OC1CC2CCC1(C)C2(C)C)C(C)(C)C. The molecule has 2 rings (SSSR count). The van der Waals surface area contributed by atoms with E-state index in [0.717, 1.165) is 6.42 Å². The van der Waals surface area contributed by atoms with Crippen LogP contribution in [0.15, 0.2) is 0 Å². The van der Waals surface area contributed by atoms with Crippen LogP contribution in [0.2, 0.25) is 0 Å². The van der Waals surface area contributed by atoms with Gasteiger partial charge in [0, 0.05) is 5.41 Å². The minimum Gasteiger partial charge on any atom is -0.462 e. The third-order valence-corrected chi connectivity index (χ3v) is 6.94. The van der Waals surface area contributed by atoms with Crippen molar-refractivity contribution in [3.05, 3.63) is 0 Å². The highest BCUT2D eigenvalue weighted by Gasteiger charge is 2.63. The summed E-state index contributed by atoms with van der Waals surface area (Å²) in [5.74, 6) is 0.637. The van der Waals surface area contributed by atoms with Crippen molar-refractivity contribution < 1.29 is 9.53 Å². The summed E-state index contributed by atoms with van der Waals surface area (Å²) < 4.78 is 6.16. The highest BCUT2D eigenvalue weighted by atomic mass is 16.5. The molecular formula is C20H36O2. The fourth-order valence-corrected chi connectivity index (χ4v) is 5.52. The molecule has 128 valence electrons. The molecule has 2 saturated carbocycles. The lowest BCUT2D eigenvalue weighted by Gasteiger charge is -2.42. The van der Waals surface area contributed by atoms with E-state index in [1.54, 1.807) is 0 Å². The number of carbonyl (C=O) groups excluding carboxylic acids is 1. The zero-order valence-electron chi connectivity index (χ0n) is 16.2. The summed E-state index contributed by atoms with van der Waals surface area (Å²) in [7, 11) is 0. The minimum atomic E-state index is -0.0800. The normalized spacial score (nSPS) is 34.3. The molecule has 2 nitrogen and oxygen atoms in total. The van der Waals surface area contributed by atoms with Crippen molar-refractivity contribution in [2.75, 3.05) is 0 Å². The van der Waals surface area contributed by atoms with Crippen molar-refractivity contribution in [3.8, 4) is 0 Å². The molecule has 0 amide bonds. The zero-order valence-corrected chi connectivity index (χ0v) is 16.2. The van der Waals surface area contributed by atoms with Crippen molar-refractivity contribution in [2.24, 2.45) is 33.5 Å². The van der Waals surface area contributed by atoms with Gasteiger partial charge in [0.15, 0.2) is 0 Å². The average Bonchev–Trinajstić information content (AvgIpc) is 2.57. The Balaban J connectivity index is 2.19. The molecule has 0 N–H and O–H groups in total. The second-order valence-electron chi connectivity index (χ2n) is 10.7. The summed E-state index contributed by atoms with van der Waals surface area (Å²) in [6.45, 7) is 20.0. The van der Waals surface area contributed by atoms with Crippen molar-refractivity contribution in [1.82, 2.24) is 0 Å². The maximum absolute atomic E-state index is 13.0. The molecule has 0 aliphatic heterocycles. The monoisotopic (exact) mass is 308 g/mol. The third kappa shape index (κ3) is 2.61. The summed E-state index contributed by atoms with van der Waals surface area (Å²) in [5.41, 5.74) is 0.275. The molecule has 3 atom stereocenters. The first-order chi connectivity index (χ1) is 9.71. The molecule has 2 bridgehead atoms. The first-order valence-electron chi connectivity index (χ1n) is 8.92. The van der Waals surface area contributed by atoms with Gasteiger partial charge in [-0.25, -0.2) is 0 Å². The van der Waals surface area contributed by atoms with Gasteiger partial charge in [-0.1, -0.05) is 62.3 Å². The standard InChI is InChI=1S/C20H36O2/c1-17(2,3)15(18(4,5)6)16(21)22-14-12-13-10-11-20(14,9)19(13,7)8/h13-15H,10-12H2,1-9H3. The lowest BCUT2D eigenvalue weighted by molar-refractivity contribution is -0.171. The quantitative estimate of drug-likeness (QED) is 0.634. The topological polar surface area (TPSA) is 26.3 Å². The molecule has 3 unspecified atom stereocenters. The van der Waals surface area contributed by atoms with Crippen molar-refractivity contribution >= 4 is 5.97 Å². The second kappa shape index (κ2) is 4.98. The molecule has 0 aromatic carbocycles. The molecule has 0 saturated heterocycles. The Labute approximate surface area is 137 Å². The molecule has 2 heteroatoms. The van der Waals surface area contributed by atoms with E-state index in [2.05, 4.69) is 62.3 Å². The van der Waals surface area contributed by atoms with E-state index in [9.17, 15) is 4.79 Å². The van der Waals surface area contributed by atoms with Gasteiger partial charge in [0.25, 0.3) is 0 Å². The van der Waals surface area contributed by atoms with E-state index in [4.69, 9.17) is 4.74 Å². The largest absolute Gasteiger partial charge is 0.462 e. The van der Waals surface area contributed by atoms with Crippen LogP contribution in [-0.2, 0) is 9.53 Å². The summed E-state index contributed by atoms with van der Waals surface area (Å²) in [4.78, 5) is 13.0. The van der Waals surface area contributed by atoms with E-state index in [1.807, 2.05) is 0 Å². The van der Waals surface area contributed by atoms with Crippen molar-refractivity contribution in [2.45, 2.75) is 87.7 Å². The van der Waals surface area contributed by atoms with Gasteiger partial charge < -0.3 is 4.74 Å². The lowest BCUT2D eigenvalue weighted by atomic mass is 9.66. The van der Waals surface area contributed by atoms with Gasteiger partial charge in [0.1, 0.15) is 6.10 Å². The Kier molecular flexibility index (Phi) is 4.03. The van der Waals surface area contributed by atoms with Gasteiger partial charge in [-0.15, -0.1) is 0 Å². The first kappa shape index (κ1) is 17.8. The first-order valence-corrected chi connectivity index (χ1v) is 8.92. The number of hydrogen-bond acceptors (Lipinski definition) is 2. The van der Waals surface area contributed by atoms with Gasteiger partial charge >= 0.3 is 5.97 Å². The van der Waals surface area contributed by atoms with Crippen LogP contribution in [-0.4, -0.2) is 12.1 Å². The summed E-state index contributed by atoms with van der Waals surface area (Å²) in [5, 5.41) is 0. The molecule has 0 aromatic rings. The van der Waals surface area contributed by atoms with Crippen LogP contribution >= 0.6 is 0 Å². The molecular weight excluding hydrogens is 272 g/mol. The number of hydrogen-bond donors (Lipinski definition) is 0. The van der Waals surface area contributed by atoms with E-state index >= 15 is 0 Å². The smallest absolute Gasteiger partial charge is 0.310 e. The van der Waals surface area contributed by atoms with Crippen LogP contribution in [0.3, 0.4) is 0 Å². The molecule has 0 aromatic heterocycles. The maximum atomic E-state index is 13.0. The zero-order chi connectivity index (χ0) is 17.1. The molecule has 0 heterocycles. The Morgan fingerprint density at radius 2 is 1.55 bits per heavy atom. The lowest BCUT2D eigenvalue weighted by Crippen LogP contribution is -2.44. The Bertz CT molecular complexity index is 435. The number of rotatable bonds is 2. The van der Waals surface area contributed by atoms with E-state index in [1.165, 1.54) is 12.8 Å². The molecule has 0 spiro atoms. The summed E-state index contributed by atoms with van der Waals surface area (Å²) in [6, 6.07) is 0. The van der Waals surface area contributed by atoms with Crippen LogP contribution in [0.5, 0.6) is 0 Å². The second-order valence-corrected chi connectivity index (χ2v) is 10.7. The molecule has 2 aliphatic rings. The van der Waals surface area contributed by atoms with Gasteiger partial charge in [-0.3, -0.25) is 4.79 Å². The van der Waals surface area contributed by atoms with Crippen molar-refractivity contribution in [1.29, 1.82) is 0 Å². The van der Waals surface area contributed by atoms with Crippen molar-refractivity contribution in [3.63, 3.8) is 0 Å². The maximum Gasteiger partial charge on any atom is 0.310 e. The van der Waals surface area contributed by atoms with Crippen LogP contribution < -0.4 is 0 Å². The molecule has 2 aliphatic carbocycles. The highest BCUT2D eigenvalue weighted by Crippen LogP contribution is 2.66. The van der Waals surface area contributed by atoms with Crippen LogP contribution in [0.4, 0.5) is 0 Å². The third-order valence-electron chi connectivity index (χ3n) is 6.94. The van der Waals surface area contributed by atoms with Crippen LogP contribution in [0.25, 0.3) is 0 Å². The fourth-order valence-electron chi connectivity index (χ4n) is 5.52. The Morgan fingerprint density at radius 1 is 1.05 bits per heavy atom. The number of esters is 1. The average molecular weight is 309 g/mol. The highest BCUT2D eigenvalue weighted by molar-refractivity contribution is 5.74. The predicted molar refractivity (Wildman–Crippen MR) is 91.5 cm³/mol. The van der Waals surface area contributed by atoms with E-state index < -0.39 is 0 Å². The Morgan fingerprint density at radius 3 is 1.86 bits per heavy atom.